The molecule has 7 nitrogen and oxygen atoms in total. The van der Waals surface area contributed by atoms with Crippen molar-refractivity contribution in [3.8, 4) is 0 Å². The van der Waals surface area contributed by atoms with Crippen molar-refractivity contribution >= 4 is 54.7 Å². The van der Waals surface area contributed by atoms with Gasteiger partial charge in [0.25, 0.3) is 20.1 Å². The van der Waals surface area contributed by atoms with Gasteiger partial charge >= 0.3 is 0 Å². The van der Waals surface area contributed by atoms with Crippen molar-refractivity contribution in [3.05, 3.63) is 46.4 Å². The molecule has 0 aliphatic heterocycles. The van der Waals surface area contributed by atoms with E-state index in [1.54, 1.807) is 0 Å². The topological polar surface area (TPSA) is 118 Å². The summed E-state index contributed by atoms with van der Waals surface area (Å²) in [5, 5.41) is -0.118. The molecule has 0 heterocycles. The first-order valence-electron chi connectivity index (χ1n) is 6.25. The molecule has 0 saturated heterocycles. The Kier molecular flexibility index (Phi) is 5.03. The zero-order valence-electron chi connectivity index (χ0n) is 12.1. The lowest BCUT2D eigenvalue weighted by Crippen LogP contribution is -2.27. The van der Waals surface area contributed by atoms with Crippen molar-refractivity contribution in [2.24, 2.45) is 0 Å². The number of rotatable bonds is 4. The molecule has 130 valence electrons. The van der Waals surface area contributed by atoms with E-state index in [0.29, 0.717) is 0 Å². The van der Waals surface area contributed by atoms with Crippen LogP contribution in [0.5, 0.6) is 0 Å². The van der Waals surface area contributed by atoms with E-state index in [0.717, 1.165) is 22.5 Å². The number of nitrogens with zero attached hydrogens (tertiary/aromatic N) is 1. The summed E-state index contributed by atoms with van der Waals surface area (Å²) >= 11 is 11.8. The lowest BCUT2D eigenvalue weighted by atomic mass is 10.3. The molecule has 0 aliphatic rings. The van der Waals surface area contributed by atoms with Crippen LogP contribution in [-0.4, -0.2) is 28.4 Å². The van der Waals surface area contributed by atoms with Crippen LogP contribution in [0, 0.1) is 0 Å². The average molecular weight is 411 g/mol. The normalized spacial score (nSPS) is 12.2. The average Bonchev–Trinajstić information content (AvgIpc) is 2.49. The van der Waals surface area contributed by atoms with Crippen LogP contribution in [0.2, 0.25) is 10.0 Å². The Morgan fingerprint density at radius 1 is 1.04 bits per heavy atom. The smallest absolute Gasteiger partial charge is 0.294 e. The summed E-state index contributed by atoms with van der Waals surface area (Å²) in [5.74, 6) is 0. The van der Waals surface area contributed by atoms with Crippen LogP contribution in [0.3, 0.4) is 0 Å². The Hall–Kier alpha value is -1.52. The lowest BCUT2D eigenvalue weighted by Gasteiger charge is -2.21. The first kappa shape index (κ1) is 18.8. The largest absolute Gasteiger partial charge is 0.397 e. The van der Waals surface area contributed by atoms with Gasteiger partial charge in [0.15, 0.2) is 0 Å². The second-order valence-corrected chi connectivity index (χ2v) is 8.92. The van der Waals surface area contributed by atoms with Gasteiger partial charge in [0.1, 0.15) is 4.90 Å². The molecular weight excluding hydrogens is 399 g/mol. The highest BCUT2D eigenvalue weighted by molar-refractivity contribution is 7.93. The minimum Gasteiger partial charge on any atom is -0.397 e. The van der Waals surface area contributed by atoms with Gasteiger partial charge in [-0.3, -0.25) is 8.86 Å². The molecule has 11 heteroatoms. The summed E-state index contributed by atoms with van der Waals surface area (Å²) < 4.78 is 57.7. The number of nitrogens with two attached hydrogens (primary N) is 1. The van der Waals surface area contributed by atoms with Gasteiger partial charge in [0.2, 0.25) is 0 Å². The third kappa shape index (κ3) is 3.60. The maximum atomic E-state index is 12.7. The number of hydrogen-bond donors (Lipinski definition) is 2. The number of sulfonamides is 1. The second kappa shape index (κ2) is 6.41. The third-order valence-corrected chi connectivity index (χ3v) is 6.60. The Bertz CT molecular complexity index is 1010. The highest BCUT2D eigenvalue weighted by Gasteiger charge is 2.26. The fourth-order valence-corrected chi connectivity index (χ4v) is 4.34. The first-order valence-corrected chi connectivity index (χ1v) is 9.89. The monoisotopic (exact) mass is 410 g/mol. The molecule has 3 N–H and O–H groups in total. The standard InChI is InChI=1S/C13H12Cl2N2O5S2/c1-17(8-3-2-4-9(5-8)24(20,21)22)23(18,19)13-7-10(14)12(16)6-11(13)15/h2-7H,16H2,1H3,(H,20,21,22). The fourth-order valence-electron chi connectivity index (χ4n) is 1.87. The molecule has 0 unspecified atom stereocenters. The second-order valence-electron chi connectivity index (χ2n) is 4.75. The number of anilines is 2. The molecule has 0 radical (unpaired) electrons. The van der Waals surface area contributed by atoms with Crippen molar-refractivity contribution in [2.75, 3.05) is 17.1 Å². The summed E-state index contributed by atoms with van der Waals surface area (Å²) in [6, 6.07) is 7.12. The van der Waals surface area contributed by atoms with Gasteiger partial charge in [0.05, 0.1) is 26.3 Å². The summed E-state index contributed by atoms with van der Waals surface area (Å²) in [7, 11) is -7.41. The number of hydrogen-bond acceptors (Lipinski definition) is 5. The van der Waals surface area contributed by atoms with Gasteiger partial charge in [-0.1, -0.05) is 29.3 Å². The number of benzene rings is 2. The van der Waals surface area contributed by atoms with Crippen LogP contribution in [0.1, 0.15) is 0 Å². The van der Waals surface area contributed by atoms with Crippen molar-refractivity contribution in [3.63, 3.8) is 0 Å². The summed E-state index contributed by atoms with van der Waals surface area (Å²) in [6.45, 7) is 0. The summed E-state index contributed by atoms with van der Waals surface area (Å²) in [6.07, 6.45) is 0. The Morgan fingerprint density at radius 3 is 2.25 bits per heavy atom. The highest BCUT2D eigenvalue weighted by Crippen LogP contribution is 2.33. The third-order valence-electron chi connectivity index (χ3n) is 3.17. The Balaban J connectivity index is 2.57. The van der Waals surface area contributed by atoms with E-state index < -0.39 is 25.0 Å². The van der Waals surface area contributed by atoms with Crippen LogP contribution in [0.15, 0.2) is 46.2 Å². The van der Waals surface area contributed by atoms with E-state index in [1.807, 2.05) is 0 Å². The van der Waals surface area contributed by atoms with Gasteiger partial charge < -0.3 is 5.73 Å². The first-order chi connectivity index (χ1) is 10.9. The van der Waals surface area contributed by atoms with Gasteiger partial charge in [0, 0.05) is 7.05 Å². The predicted octanol–water partition coefficient (Wildman–Crippen LogP) is 2.65. The molecular formula is C13H12Cl2N2O5S2. The van der Waals surface area contributed by atoms with Crippen LogP contribution in [0.25, 0.3) is 0 Å². The van der Waals surface area contributed by atoms with Crippen molar-refractivity contribution in [1.29, 1.82) is 0 Å². The van der Waals surface area contributed by atoms with Gasteiger partial charge in [-0.25, -0.2) is 8.42 Å². The van der Waals surface area contributed by atoms with Crippen LogP contribution in [-0.2, 0) is 20.1 Å². The van der Waals surface area contributed by atoms with Crippen LogP contribution >= 0.6 is 23.2 Å². The van der Waals surface area contributed by atoms with Gasteiger partial charge in [-0.15, -0.1) is 0 Å². The molecule has 0 aromatic heterocycles. The molecule has 0 bridgehead atoms. The number of nitrogen functional groups attached to an aromatic ring is 1. The van der Waals surface area contributed by atoms with Crippen molar-refractivity contribution in [2.45, 2.75) is 9.79 Å². The Morgan fingerprint density at radius 2 is 1.67 bits per heavy atom. The van der Waals surface area contributed by atoms with E-state index >= 15 is 0 Å². The van der Waals surface area contributed by atoms with Gasteiger partial charge in [-0.05, 0) is 30.3 Å². The van der Waals surface area contributed by atoms with E-state index in [1.165, 1.54) is 25.2 Å². The number of halogens is 2. The van der Waals surface area contributed by atoms with Gasteiger partial charge in [-0.2, -0.15) is 8.42 Å². The molecule has 0 spiro atoms. The van der Waals surface area contributed by atoms with Crippen molar-refractivity contribution < 1.29 is 21.4 Å². The quantitative estimate of drug-likeness (QED) is 0.590. The molecule has 2 rings (SSSR count). The summed E-state index contributed by atoms with van der Waals surface area (Å²) in [5.41, 5.74) is 5.70. The molecule has 0 amide bonds. The molecule has 24 heavy (non-hydrogen) atoms. The van der Waals surface area contributed by atoms with E-state index in [9.17, 15) is 16.8 Å². The van der Waals surface area contributed by atoms with E-state index in [-0.39, 0.29) is 26.3 Å². The van der Waals surface area contributed by atoms with E-state index in [4.69, 9.17) is 33.5 Å². The minimum absolute atomic E-state index is 0.00846. The zero-order chi connectivity index (χ0) is 18.3. The SMILES string of the molecule is CN(c1cccc(S(=O)(=O)O)c1)S(=O)(=O)c1cc(Cl)c(N)cc1Cl. The summed E-state index contributed by atoms with van der Waals surface area (Å²) in [4.78, 5) is -0.730. The van der Waals surface area contributed by atoms with Crippen molar-refractivity contribution in [1.82, 2.24) is 0 Å². The van der Waals surface area contributed by atoms with Crippen LogP contribution < -0.4 is 10.0 Å². The zero-order valence-corrected chi connectivity index (χ0v) is 15.3. The maximum Gasteiger partial charge on any atom is 0.294 e. The molecule has 0 aliphatic carbocycles. The molecule has 0 fully saturated rings. The molecule has 2 aromatic carbocycles. The maximum absolute atomic E-state index is 12.7. The fraction of sp³-hybridized carbons (Fsp3) is 0.0769. The molecule has 0 atom stereocenters. The minimum atomic E-state index is -4.47. The lowest BCUT2D eigenvalue weighted by molar-refractivity contribution is 0.483. The predicted molar refractivity (Wildman–Crippen MR) is 92.7 cm³/mol. The highest BCUT2D eigenvalue weighted by atomic mass is 35.5. The Labute approximate surface area is 149 Å². The molecule has 2 aromatic rings. The van der Waals surface area contributed by atoms with Crippen LogP contribution in [0.4, 0.5) is 11.4 Å². The van der Waals surface area contributed by atoms with E-state index in [2.05, 4.69) is 0 Å². The molecule has 0 saturated carbocycles.